The van der Waals surface area contributed by atoms with Crippen molar-refractivity contribution < 1.29 is 0 Å². The summed E-state index contributed by atoms with van der Waals surface area (Å²) in [5.41, 5.74) is 0. The highest BCUT2D eigenvalue weighted by Crippen LogP contribution is 1.85. The first-order chi connectivity index (χ1) is 5.33. The van der Waals surface area contributed by atoms with Gasteiger partial charge in [-0.15, -0.1) is 0 Å². The van der Waals surface area contributed by atoms with Crippen LogP contribution in [0.3, 0.4) is 0 Å². The van der Waals surface area contributed by atoms with Crippen LogP contribution in [0.5, 0.6) is 0 Å². The largest absolute Gasteiger partial charge is 0.0917 e. The van der Waals surface area contributed by atoms with Gasteiger partial charge < -0.3 is 0 Å². The molecular weight excluding hydrogens is 132 g/mol. The molecule has 66 valence electrons. The number of allylic oxidation sites excluding steroid dienone is 4. The van der Waals surface area contributed by atoms with Crippen molar-refractivity contribution in [1.29, 1.82) is 0 Å². The van der Waals surface area contributed by atoms with Crippen LogP contribution in [0.15, 0.2) is 24.3 Å². The van der Waals surface area contributed by atoms with Crippen LogP contribution in [-0.4, -0.2) is 0 Å². The minimum Gasteiger partial charge on any atom is -0.0917 e. The third kappa shape index (κ3) is 26.4. The van der Waals surface area contributed by atoms with E-state index in [9.17, 15) is 0 Å². The zero-order valence-electron chi connectivity index (χ0n) is 8.43. The van der Waals surface area contributed by atoms with Crippen LogP contribution >= 0.6 is 0 Å². The molecule has 0 N–H and O–H groups in total. The van der Waals surface area contributed by atoms with Crippen molar-refractivity contribution in [2.24, 2.45) is 0 Å². The average molecular weight is 154 g/mol. The maximum atomic E-state index is 2.18. The van der Waals surface area contributed by atoms with E-state index in [2.05, 4.69) is 45.1 Å². The summed E-state index contributed by atoms with van der Waals surface area (Å²) in [4.78, 5) is 0. The summed E-state index contributed by atoms with van der Waals surface area (Å²) in [6, 6.07) is 0. The molecule has 0 aromatic carbocycles. The lowest BCUT2D eigenvalue weighted by Gasteiger charge is -1.76. The summed E-state index contributed by atoms with van der Waals surface area (Å²) in [5, 5.41) is 0. The third-order valence-electron chi connectivity index (χ3n) is 1.16. The summed E-state index contributed by atoms with van der Waals surface area (Å²) >= 11 is 0. The Hall–Kier alpha value is -0.520. The Labute approximate surface area is 72.0 Å². The quantitative estimate of drug-likeness (QED) is 0.531. The van der Waals surface area contributed by atoms with E-state index in [0.717, 1.165) is 6.42 Å². The van der Waals surface area contributed by atoms with Gasteiger partial charge in [0.2, 0.25) is 0 Å². The molecule has 0 saturated heterocycles. The average Bonchev–Trinajstić information content (AvgIpc) is 2.04. The van der Waals surface area contributed by atoms with Gasteiger partial charge in [-0.05, 0) is 26.7 Å². The highest BCUT2D eigenvalue weighted by atomic mass is 13.7. The van der Waals surface area contributed by atoms with Gasteiger partial charge >= 0.3 is 0 Å². The molecule has 0 radical (unpaired) electrons. The van der Waals surface area contributed by atoms with Crippen LogP contribution < -0.4 is 0 Å². The van der Waals surface area contributed by atoms with Crippen LogP contribution in [-0.2, 0) is 0 Å². The molecule has 0 amide bonds. The number of hydrogen-bond acceptors (Lipinski definition) is 0. The number of unbranched alkanes of at least 4 members (excludes halogenated alkanes) is 1. The molecule has 0 saturated carbocycles. The Balaban J connectivity index is 0. The first-order valence-electron chi connectivity index (χ1n) is 4.55. The molecule has 0 aromatic rings. The molecule has 0 spiro atoms. The highest BCUT2D eigenvalue weighted by Gasteiger charge is 1.64. The van der Waals surface area contributed by atoms with Crippen molar-refractivity contribution in [3.8, 4) is 0 Å². The van der Waals surface area contributed by atoms with Crippen molar-refractivity contribution >= 4 is 0 Å². The lowest BCUT2D eigenvalue weighted by atomic mass is 10.3. The molecule has 0 bridgehead atoms. The van der Waals surface area contributed by atoms with Crippen LogP contribution in [0, 0.1) is 0 Å². The molecule has 11 heavy (non-hydrogen) atoms. The standard InChI is InChI=1S/C6H12.C5H10/c1-3-5-6-4-2;1-3-5-4-2/h3,5H,4,6H2,1-2H3;3,5H,4H2,1-2H3/b2*5-3-. The topological polar surface area (TPSA) is 0 Å². The summed E-state index contributed by atoms with van der Waals surface area (Å²) in [7, 11) is 0. The lowest BCUT2D eigenvalue weighted by Crippen LogP contribution is -1.55. The molecule has 0 aromatic heterocycles. The molecule has 0 aliphatic carbocycles. The van der Waals surface area contributed by atoms with E-state index >= 15 is 0 Å². The van der Waals surface area contributed by atoms with Gasteiger partial charge in [-0.1, -0.05) is 44.6 Å². The smallest absolute Gasteiger partial charge is 0.0353 e. The second kappa shape index (κ2) is 16.2. The molecule has 0 nitrogen and oxygen atoms in total. The fourth-order valence-corrected chi connectivity index (χ4v) is 0.569. The van der Waals surface area contributed by atoms with Crippen LogP contribution in [0.2, 0.25) is 0 Å². The Morgan fingerprint density at radius 1 is 0.909 bits per heavy atom. The van der Waals surface area contributed by atoms with Gasteiger partial charge in [0, 0.05) is 0 Å². The van der Waals surface area contributed by atoms with E-state index in [1.54, 1.807) is 0 Å². The van der Waals surface area contributed by atoms with Gasteiger partial charge in [0.1, 0.15) is 0 Å². The molecule has 0 atom stereocenters. The molecule has 0 aliphatic rings. The predicted molar refractivity (Wildman–Crippen MR) is 54.8 cm³/mol. The summed E-state index contributed by atoms with van der Waals surface area (Å²) < 4.78 is 0. The fraction of sp³-hybridized carbons (Fsp3) is 0.636. The second-order valence-electron chi connectivity index (χ2n) is 2.33. The van der Waals surface area contributed by atoms with E-state index in [-0.39, 0.29) is 0 Å². The normalized spacial score (nSPS) is 10.2. The Morgan fingerprint density at radius 3 is 1.55 bits per heavy atom. The zero-order chi connectivity index (χ0) is 8.95. The molecule has 0 aliphatic heterocycles. The zero-order valence-corrected chi connectivity index (χ0v) is 8.43. The van der Waals surface area contributed by atoms with Crippen molar-refractivity contribution in [3.63, 3.8) is 0 Å². The molecule has 0 heterocycles. The summed E-state index contributed by atoms with van der Waals surface area (Å²) in [6.07, 6.45) is 12.1. The maximum absolute atomic E-state index is 2.18. The van der Waals surface area contributed by atoms with Crippen LogP contribution in [0.1, 0.15) is 47.0 Å². The number of rotatable bonds is 3. The molecule has 0 rings (SSSR count). The van der Waals surface area contributed by atoms with Crippen LogP contribution in [0.4, 0.5) is 0 Å². The number of hydrogen-bond donors (Lipinski definition) is 0. The second-order valence-corrected chi connectivity index (χ2v) is 2.33. The molecular formula is C11H22. The minimum atomic E-state index is 1.16. The van der Waals surface area contributed by atoms with E-state index in [4.69, 9.17) is 0 Å². The minimum absolute atomic E-state index is 1.16. The molecule has 0 fully saturated rings. The van der Waals surface area contributed by atoms with Crippen molar-refractivity contribution in [2.45, 2.75) is 47.0 Å². The van der Waals surface area contributed by atoms with Gasteiger partial charge in [-0.25, -0.2) is 0 Å². The Bertz CT molecular complexity index is 88.2. The summed E-state index contributed by atoms with van der Waals surface area (Å²) in [6.45, 7) is 8.39. The van der Waals surface area contributed by atoms with Crippen molar-refractivity contribution in [3.05, 3.63) is 24.3 Å². The monoisotopic (exact) mass is 154 g/mol. The van der Waals surface area contributed by atoms with E-state index in [1.165, 1.54) is 12.8 Å². The van der Waals surface area contributed by atoms with Crippen molar-refractivity contribution in [1.82, 2.24) is 0 Å². The summed E-state index contributed by atoms with van der Waals surface area (Å²) in [5.74, 6) is 0. The maximum Gasteiger partial charge on any atom is -0.0353 e. The van der Waals surface area contributed by atoms with Gasteiger partial charge in [0.05, 0.1) is 0 Å². The fourth-order valence-electron chi connectivity index (χ4n) is 0.569. The van der Waals surface area contributed by atoms with Crippen LogP contribution in [0.25, 0.3) is 0 Å². The van der Waals surface area contributed by atoms with Gasteiger partial charge in [0.15, 0.2) is 0 Å². The third-order valence-corrected chi connectivity index (χ3v) is 1.16. The first kappa shape index (κ1) is 13.1. The highest BCUT2D eigenvalue weighted by molar-refractivity contribution is 4.75. The van der Waals surface area contributed by atoms with Crippen molar-refractivity contribution in [2.75, 3.05) is 0 Å². The predicted octanol–water partition coefficient (Wildman–Crippen LogP) is 4.34. The van der Waals surface area contributed by atoms with Gasteiger partial charge in [-0.3, -0.25) is 0 Å². The molecule has 0 unspecified atom stereocenters. The van der Waals surface area contributed by atoms with Gasteiger partial charge in [0.25, 0.3) is 0 Å². The Kier molecular flexibility index (Phi) is 19.3. The molecule has 0 heteroatoms. The Morgan fingerprint density at radius 2 is 1.45 bits per heavy atom. The van der Waals surface area contributed by atoms with E-state index in [0.29, 0.717) is 0 Å². The van der Waals surface area contributed by atoms with E-state index in [1.807, 2.05) is 6.92 Å². The first-order valence-corrected chi connectivity index (χ1v) is 4.55. The van der Waals surface area contributed by atoms with Gasteiger partial charge in [-0.2, -0.15) is 0 Å². The van der Waals surface area contributed by atoms with E-state index < -0.39 is 0 Å². The SMILES string of the molecule is C/C=C\CC.C/C=C\CCC. The lowest BCUT2D eigenvalue weighted by molar-refractivity contribution is 0.957.